The Bertz CT molecular complexity index is 552. The highest BCUT2D eigenvalue weighted by molar-refractivity contribution is 5.70. The van der Waals surface area contributed by atoms with Crippen molar-refractivity contribution in [2.75, 3.05) is 0 Å². The van der Waals surface area contributed by atoms with Crippen molar-refractivity contribution in [1.82, 2.24) is 19.5 Å². The van der Waals surface area contributed by atoms with Gasteiger partial charge in [-0.15, -0.1) is 0 Å². The van der Waals surface area contributed by atoms with Gasteiger partial charge in [-0.2, -0.15) is 0 Å². The molecule has 15 heavy (non-hydrogen) atoms. The second-order valence-electron chi connectivity index (χ2n) is 3.66. The molecule has 0 saturated heterocycles. The van der Waals surface area contributed by atoms with E-state index in [4.69, 9.17) is 0 Å². The average molecular weight is 206 g/mol. The van der Waals surface area contributed by atoms with Gasteiger partial charge in [0.05, 0.1) is 0 Å². The van der Waals surface area contributed by atoms with E-state index in [2.05, 4.69) is 21.9 Å². The van der Waals surface area contributed by atoms with E-state index in [1.54, 1.807) is 6.92 Å². The van der Waals surface area contributed by atoms with Crippen molar-refractivity contribution in [3.8, 4) is 0 Å². The van der Waals surface area contributed by atoms with Gasteiger partial charge in [0.2, 0.25) is 0 Å². The van der Waals surface area contributed by atoms with E-state index in [1.807, 2.05) is 11.6 Å². The first-order valence-electron chi connectivity index (χ1n) is 5.05. The molecule has 0 saturated carbocycles. The number of hydrogen-bond donors (Lipinski definition) is 1. The molecule has 5 nitrogen and oxygen atoms in total. The van der Waals surface area contributed by atoms with Gasteiger partial charge in [-0.25, -0.2) is 9.97 Å². The number of aromatic nitrogens is 4. The number of aromatic amines is 1. The third-order valence-electron chi connectivity index (χ3n) is 2.43. The van der Waals surface area contributed by atoms with Gasteiger partial charge < -0.3 is 9.55 Å². The van der Waals surface area contributed by atoms with E-state index in [-0.39, 0.29) is 5.56 Å². The summed E-state index contributed by atoms with van der Waals surface area (Å²) < 4.78 is 1.82. The zero-order chi connectivity index (χ0) is 11.0. The van der Waals surface area contributed by atoms with Crippen LogP contribution < -0.4 is 5.56 Å². The quantitative estimate of drug-likeness (QED) is 0.794. The molecule has 0 fully saturated rings. The monoisotopic (exact) mass is 206 g/mol. The van der Waals surface area contributed by atoms with Crippen LogP contribution in [0.1, 0.15) is 25.0 Å². The lowest BCUT2D eigenvalue weighted by molar-refractivity contribution is 0.771. The Morgan fingerprint density at radius 3 is 2.80 bits per heavy atom. The summed E-state index contributed by atoms with van der Waals surface area (Å²) in [7, 11) is 1.85. The van der Waals surface area contributed by atoms with Crippen LogP contribution in [0.25, 0.3) is 11.2 Å². The lowest BCUT2D eigenvalue weighted by atomic mass is 10.3. The summed E-state index contributed by atoms with van der Waals surface area (Å²) in [6.07, 6.45) is 1.87. The van der Waals surface area contributed by atoms with Gasteiger partial charge >= 0.3 is 0 Å². The smallest absolute Gasteiger partial charge is 0.277 e. The Labute approximate surface area is 87.2 Å². The molecular weight excluding hydrogens is 192 g/mol. The largest absolute Gasteiger partial charge is 0.325 e. The predicted octanol–water partition coefficient (Wildman–Crippen LogP) is 0.918. The molecular formula is C10H14N4O. The molecule has 1 N–H and O–H groups in total. The van der Waals surface area contributed by atoms with Gasteiger partial charge in [-0.3, -0.25) is 4.79 Å². The van der Waals surface area contributed by atoms with E-state index in [0.717, 1.165) is 18.7 Å². The Balaban J connectivity index is 2.76. The van der Waals surface area contributed by atoms with Crippen LogP contribution in [-0.4, -0.2) is 19.5 Å². The van der Waals surface area contributed by atoms with Crippen molar-refractivity contribution < 1.29 is 0 Å². The van der Waals surface area contributed by atoms with Crippen LogP contribution in [0.15, 0.2) is 4.79 Å². The number of nitrogens with zero attached hydrogens (tertiary/aromatic N) is 3. The average Bonchev–Trinajstić information content (AvgIpc) is 2.43. The lowest BCUT2D eigenvalue weighted by Gasteiger charge is -1.98. The van der Waals surface area contributed by atoms with E-state index in [1.165, 1.54) is 0 Å². The maximum absolute atomic E-state index is 11.7. The van der Waals surface area contributed by atoms with Gasteiger partial charge in [0.15, 0.2) is 11.2 Å². The van der Waals surface area contributed by atoms with Gasteiger partial charge in [0.25, 0.3) is 5.56 Å². The summed E-state index contributed by atoms with van der Waals surface area (Å²) in [5.41, 5.74) is 0.987. The fourth-order valence-corrected chi connectivity index (χ4v) is 1.72. The van der Waals surface area contributed by atoms with Crippen molar-refractivity contribution in [2.45, 2.75) is 26.7 Å². The van der Waals surface area contributed by atoms with Crippen LogP contribution in [0, 0.1) is 6.92 Å². The minimum Gasteiger partial charge on any atom is -0.325 e. The number of imidazole rings is 1. The first-order chi connectivity index (χ1) is 7.13. The molecule has 0 aliphatic carbocycles. The van der Waals surface area contributed by atoms with Crippen LogP contribution >= 0.6 is 0 Å². The van der Waals surface area contributed by atoms with Gasteiger partial charge in [-0.05, 0) is 13.3 Å². The fourth-order valence-electron chi connectivity index (χ4n) is 1.72. The van der Waals surface area contributed by atoms with Crippen LogP contribution in [-0.2, 0) is 13.5 Å². The number of rotatable bonds is 2. The molecule has 0 radical (unpaired) electrons. The number of aryl methyl sites for hydroxylation is 3. The third kappa shape index (κ3) is 1.54. The molecule has 2 aromatic heterocycles. The molecule has 0 unspecified atom stereocenters. The Morgan fingerprint density at radius 2 is 2.13 bits per heavy atom. The van der Waals surface area contributed by atoms with Gasteiger partial charge in [0, 0.05) is 13.5 Å². The van der Waals surface area contributed by atoms with Gasteiger partial charge in [0.1, 0.15) is 11.6 Å². The Morgan fingerprint density at radius 1 is 1.40 bits per heavy atom. The first kappa shape index (κ1) is 9.89. The summed E-state index contributed by atoms with van der Waals surface area (Å²) >= 11 is 0. The van der Waals surface area contributed by atoms with Crippen molar-refractivity contribution in [3.63, 3.8) is 0 Å². The lowest BCUT2D eigenvalue weighted by Crippen LogP contribution is -2.12. The summed E-state index contributed by atoms with van der Waals surface area (Å²) in [5, 5.41) is 0. The molecule has 0 aromatic carbocycles. The second-order valence-corrected chi connectivity index (χ2v) is 3.66. The van der Waals surface area contributed by atoms with E-state index < -0.39 is 0 Å². The van der Waals surface area contributed by atoms with Crippen LogP contribution in [0.2, 0.25) is 0 Å². The van der Waals surface area contributed by atoms with E-state index >= 15 is 0 Å². The van der Waals surface area contributed by atoms with Crippen LogP contribution in [0.5, 0.6) is 0 Å². The molecule has 80 valence electrons. The highest BCUT2D eigenvalue weighted by Gasteiger charge is 2.11. The second kappa shape index (κ2) is 3.49. The molecule has 2 rings (SSSR count). The van der Waals surface area contributed by atoms with E-state index in [9.17, 15) is 4.79 Å². The zero-order valence-corrected chi connectivity index (χ0v) is 9.16. The molecule has 5 heteroatoms. The molecule has 0 aliphatic rings. The van der Waals surface area contributed by atoms with Crippen molar-refractivity contribution in [1.29, 1.82) is 0 Å². The van der Waals surface area contributed by atoms with Crippen LogP contribution in [0.4, 0.5) is 0 Å². The minimum absolute atomic E-state index is 0.116. The third-order valence-corrected chi connectivity index (χ3v) is 2.43. The first-order valence-corrected chi connectivity index (χ1v) is 5.05. The molecule has 0 atom stereocenters. The SMILES string of the molecule is CCCc1nc2nc(C)[nH]c(=O)c2n1C. The summed E-state index contributed by atoms with van der Waals surface area (Å²) in [4.78, 5) is 22.9. The highest BCUT2D eigenvalue weighted by Crippen LogP contribution is 2.09. The number of H-pyrrole nitrogens is 1. The molecule has 2 aromatic rings. The number of hydrogen-bond acceptors (Lipinski definition) is 3. The summed E-state index contributed by atoms with van der Waals surface area (Å²) in [6.45, 7) is 3.84. The minimum atomic E-state index is -0.116. The number of fused-ring (bicyclic) bond motifs is 1. The maximum Gasteiger partial charge on any atom is 0.277 e. The highest BCUT2D eigenvalue weighted by atomic mass is 16.1. The van der Waals surface area contributed by atoms with Crippen molar-refractivity contribution in [3.05, 3.63) is 22.0 Å². The van der Waals surface area contributed by atoms with E-state index in [0.29, 0.717) is 17.0 Å². The zero-order valence-electron chi connectivity index (χ0n) is 9.16. The predicted molar refractivity (Wildman–Crippen MR) is 57.9 cm³/mol. The van der Waals surface area contributed by atoms with Crippen LogP contribution in [0.3, 0.4) is 0 Å². The molecule has 0 amide bonds. The molecule has 0 spiro atoms. The normalized spacial score (nSPS) is 11.1. The summed E-state index contributed by atoms with van der Waals surface area (Å²) in [5.74, 6) is 1.52. The number of nitrogens with one attached hydrogen (secondary N) is 1. The molecule has 0 bridgehead atoms. The topological polar surface area (TPSA) is 63.6 Å². The molecule has 2 heterocycles. The Kier molecular flexibility index (Phi) is 2.30. The van der Waals surface area contributed by atoms with Crippen molar-refractivity contribution in [2.24, 2.45) is 7.05 Å². The Hall–Kier alpha value is -1.65. The van der Waals surface area contributed by atoms with Crippen molar-refractivity contribution >= 4 is 11.2 Å². The summed E-state index contributed by atoms with van der Waals surface area (Å²) in [6, 6.07) is 0. The molecule has 0 aliphatic heterocycles. The standard InChI is InChI=1S/C10H14N4O/c1-4-5-7-13-9-8(14(7)3)10(15)12-6(2)11-9/h4-5H2,1-3H3,(H,11,12,15). The maximum atomic E-state index is 11.7. The van der Waals surface area contributed by atoms with Gasteiger partial charge in [-0.1, -0.05) is 6.92 Å². The fraction of sp³-hybridized carbons (Fsp3) is 0.500.